The quantitative estimate of drug-likeness (QED) is 0.757. The highest BCUT2D eigenvalue weighted by molar-refractivity contribution is 5.80. The van der Waals surface area contributed by atoms with Crippen LogP contribution in [0, 0.1) is 11.8 Å². The average molecular weight is 210 g/mol. The molecule has 0 atom stereocenters. The van der Waals surface area contributed by atoms with Crippen molar-refractivity contribution in [3.05, 3.63) is 0 Å². The summed E-state index contributed by atoms with van der Waals surface area (Å²) >= 11 is 0. The molecule has 0 bridgehead atoms. The van der Waals surface area contributed by atoms with Gasteiger partial charge in [-0.3, -0.25) is 4.79 Å². The lowest BCUT2D eigenvalue weighted by Gasteiger charge is -2.28. The summed E-state index contributed by atoms with van der Waals surface area (Å²) in [6, 6.07) is 0. The van der Waals surface area contributed by atoms with Crippen LogP contribution in [-0.4, -0.2) is 37.5 Å². The molecule has 2 aliphatic rings. The molecule has 0 aromatic heterocycles. The number of nitrogens with zero attached hydrogens (tertiary/aromatic N) is 1. The number of rotatable bonds is 4. The molecule has 86 valence electrons. The minimum Gasteiger partial charge on any atom is -0.356 e. The molecule has 15 heavy (non-hydrogen) atoms. The van der Waals surface area contributed by atoms with Gasteiger partial charge in [-0.15, -0.1) is 0 Å². The molecule has 3 heteroatoms. The number of hydrogen-bond acceptors (Lipinski definition) is 2. The fourth-order valence-corrected chi connectivity index (χ4v) is 2.24. The van der Waals surface area contributed by atoms with Crippen molar-refractivity contribution in [3.63, 3.8) is 0 Å². The third-order valence-electron chi connectivity index (χ3n) is 3.64. The molecule has 1 aliphatic carbocycles. The van der Waals surface area contributed by atoms with Crippen LogP contribution in [-0.2, 0) is 4.79 Å². The van der Waals surface area contributed by atoms with Crippen LogP contribution in [0.3, 0.4) is 0 Å². The maximum Gasteiger partial charge on any atom is 0.223 e. The lowest BCUT2D eigenvalue weighted by atomic mass is 9.94. The van der Waals surface area contributed by atoms with Crippen molar-refractivity contribution < 1.29 is 4.79 Å². The van der Waals surface area contributed by atoms with Crippen molar-refractivity contribution >= 4 is 5.91 Å². The Bertz CT molecular complexity index is 218. The van der Waals surface area contributed by atoms with Gasteiger partial charge in [0, 0.05) is 12.5 Å². The van der Waals surface area contributed by atoms with E-state index in [-0.39, 0.29) is 0 Å². The van der Waals surface area contributed by atoms with Crippen LogP contribution in [0.1, 0.15) is 32.1 Å². The Kier molecular flexibility index (Phi) is 3.62. The number of carbonyl (C=O) groups is 1. The van der Waals surface area contributed by atoms with Crippen molar-refractivity contribution in [3.8, 4) is 0 Å². The van der Waals surface area contributed by atoms with E-state index in [0.29, 0.717) is 11.8 Å². The molecule has 1 amide bonds. The highest BCUT2D eigenvalue weighted by atomic mass is 16.2. The van der Waals surface area contributed by atoms with Crippen molar-refractivity contribution in [2.45, 2.75) is 32.1 Å². The molecule has 1 heterocycles. The summed E-state index contributed by atoms with van der Waals surface area (Å²) < 4.78 is 0. The number of piperidine rings is 1. The van der Waals surface area contributed by atoms with Crippen molar-refractivity contribution in [2.24, 2.45) is 11.8 Å². The first-order valence-corrected chi connectivity index (χ1v) is 6.22. The molecule has 0 spiro atoms. The summed E-state index contributed by atoms with van der Waals surface area (Å²) in [5, 5.41) is 3.05. The minimum absolute atomic E-state index is 0.294. The van der Waals surface area contributed by atoms with Gasteiger partial charge in [-0.25, -0.2) is 0 Å². The molecule has 1 aliphatic heterocycles. The lowest BCUT2D eigenvalue weighted by molar-refractivity contribution is -0.122. The van der Waals surface area contributed by atoms with E-state index in [1.807, 2.05) is 0 Å². The smallest absolute Gasteiger partial charge is 0.223 e. The van der Waals surface area contributed by atoms with E-state index < -0.39 is 0 Å². The summed E-state index contributed by atoms with van der Waals surface area (Å²) in [6.45, 7) is 3.34. The van der Waals surface area contributed by atoms with Crippen LogP contribution in [0.15, 0.2) is 0 Å². The molecular formula is C12H22N2O. The zero-order valence-corrected chi connectivity index (χ0v) is 9.67. The van der Waals surface area contributed by atoms with E-state index in [9.17, 15) is 4.79 Å². The number of hydrogen-bond donors (Lipinski definition) is 1. The Morgan fingerprint density at radius 1 is 1.27 bits per heavy atom. The Morgan fingerprint density at radius 2 is 1.93 bits per heavy atom. The standard InChI is InChI=1S/C12H22N2O/c1-14-8-5-10(6-9-14)4-7-13-12(15)11-2-3-11/h10-11H,2-9H2,1H3,(H,13,15). The molecule has 1 N–H and O–H groups in total. The maximum atomic E-state index is 11.4. The number of likely N-dealkylation sites (tertiary alicyclic amines) is 1. The normalized spacial score (nSPS) is 24.1. The third-order valence-corrected chi connectivity index (χ3v) is 3.64. The first kappa shape index (κ1) is 10.9. The SMILES string of the molecule is CN1CCC(CCNC(=O)C2CC2)CC1. The van der Waals surface area contributed by atoms with Gasteiger partial charge in [-0.05, 0) is 58.2 Å². The second-order valence-electron chi connectivity index (χ2n) is 5.10. The van der Waals surface area contributed by atoms with Gasteiger partial charge in [0.25, 0.3) is 0 Å². The van der Waals surface area contributed by atoms with Crippen LogP contribution in [0.25, 0.3) is 0 Å². The van der Waals surface area contributed by atoms with Gasteiger partial charge >= 0.3 is 0 Å². The molecule has 1 saturated heterocycles. The predicted molar refractivity (Wildman–Crippen MR) is 60.6 cm³/mol. The van der Waals surface area contributed by atoms with Crippen LogP contribution in [0.2, 0.25) is 0 Å². The summed E-state index contributed by atoms with van der Waals surface area (Å²) in [6.07, 6.45) is 6.00. The summed E-state index contributed by atoms with van der Waals surface area (Å²) in [5.41, 5.74) is 0. The van der Waals surface area contributed by atoms with Crippen LogP contribution < -0.4 is 5.32 Å². The van der Waals surface area contributed by atoms with Crippen LogP contribution in [0.4, 0.5) is 0 Å². The zero-order chi connectivity index (χ0) is 10.7. The molecular weight excluding hydrogens is 188 g/mol. The van der Waals surface area contributed by atoms with E-state index in [0.717, 1.165) is 25.3 Å². The van der Waals surface area contributed by atoms with E-state index >= 15 is 0 Å². The number of amides is 1. The Hall–Kier alpha value is -0.570. The van der Waals surface area contributed by atoms with Gasteiger partial charge in [-0.2, -0.15) is 0 Å². The Labute approximate surface area is 92.2 Å². The summed E-state index contributed by atoms with van der Waals surface area (Å²) in [5.74, 6) is 1.49. The van der Waals surface area contributed by atoms with Gasteiger partial charge < -0.3 is 10.2 Å². The van der Waals surface area contributed by atoms with E-state index in [2.05, 4.69) is 17.3 Å². The Balaban J connectivity index is 1.55. The fraction of sp³-hybridized carbons (Fsp3) is 0.917. The van der Waals surface area contributed by atoms with Gasteiger partial charge in [-0.1, -0.05) is 0 Å². The third kappa shape index (κ3) is 3.49. The zero-order valence-electron chi connectivity index (χ0n) is 9.67. The summed E-state index contributed by atoms with van der Waals surface area (Å²) in [7, 11) is 2.19. The molecule has 0 unspecified atom stereocenters. The van der Waals surface area contributed by atoms with Crippen LogP contribution >= 0.6 is 0 Å². The topological polar surface area (TPSA) is 32.3 Å². The summed E-state index contributed by atoms with van der Waals surface area (Å²) in [4.78, 5) is 13.8. The van der Waals surface area contributed by atoms with Crippen LogP contribution in [0.5, 0.6) is 0 Å². The van der Waals surface area contributed by atoms with Crippen molar-refractivity contribution in [2.75, 3.05) is 26.7 Å². The van der Waals surface area contributed by atoms with Gasteiger partial charge in [0.2, 0.25) is 5.91 Å². The number of nitrogens with one attached hydrogen (secondary N) is 1. The second-order valence-corrected chi connectivity index (χ2v) is 5.10. The Morgan fingerprint density at radius 3 is 2.53 bits per heavy atom. The highest BCUT2D eigenvalue weighted by Gasteiger charge is 2.29. The number of carbonyl (C=O) groups excluding carboxylic acids is 1. The van der Waals surface area contributed by atoms with Gasteiger partial charge in [0.1, 0.15) is 0 Å². The van der Waals surface area contributed by atoms with Gasteiger partial charge in [0.15, 0.2) is 0 Å². The van der Waals surface area contributed by atoms with E-state index in [4.69, 9.17) is 0 Å². The first-order valence-electron chi connectivity index (χ1n) is 6.22. The molecule has 3 nitrogen and oxygen atoms in total. The van der Waals surface area contributed by atoms with Crippen molar-refractivity contribution in [1.29, 1.82) is 0 Å². The van der Waals surface area contributed by atoms with E-state index in [1.54, 1.807) is 0 Å². The fourth-order valence-electron chi connectivity index (χ4n) is 2.24. The van der Waals surface area contributed by atoms with Gasteiger partial charge in [0.05, 0.1) is 0 Å². The monoisotopic (exact) mass is 210 g/mol. The first-order chi connectivity index (χ1) is 7.25. The highest BCUT2D eigenvalue weighted by Crippen LogP contribution is 2.28. The second kappa shape index (κ2) is 4.97. The molecule has 0 aromatic carbocycles. The maximum absolute atomic E-state index is 11.4. The van der Waals surface area contributed by atoms with Crippen molar-refractivity contribution in [1.82, 2.24) is 10.2 Å². The van der Waals surface area contributed by atoms with E-state index in [1.165, 1.54) is 32.4 Å². The predicted octanol–water partition coefficient (Wildman–Crippen LogP) is 1.24. The molecule has 1 saturated carbocycles. The average Bonchev–Trinajstić information content (AvgIpc) is 3.04. The minimum atomic E-state index is 0.294. The molecule has 2 fully saturated rings. The molecule has 0 radical (unpaired) electrons. The largest absolute Gasteiger partial charge is 0.356 e. The molecule has 0 aromatic rings. The molecule has 2 rings (SSSR count). The lowest BCUT2D eigenvalue weighted by Crippen LogP contribution is -2.33.